The molecule has 1 aromatic heterocycles. The summed E-state index contributed by atoms with van der Waals surface area (Å²) >= 11 is 1.84. The highest BCUT2D eigenvalue weighted by Gasteiger charge is 2.24. The molecule has 2 aromatic rings. The molecular formula is C21H29NO2S. The summed E-state index contributed by atoms with van der Waals surface area (Å²) in [5.41, 5.74) is 7.77. The van der Waals surface area contributed by atoms with Crippen molar-refractivity contribution < 1.29 is 9.21 Å². The highest BCUT2D eigenvalue weighted by atomic mass is 32.2. The van der Waals surface area contributed by atoms with Crippen LogP contribution in [0.25, 0.3) is 0 Å². The van der Waals surface area contributed by atoms with Gasteiger partial charge in [-0.25, -0.2) is 0 Å². The maximum atomic E-state index is 11.2. The number of hydrogen-bond acceptors (Lipinski definition) is 3. The van der Waals surface area contributed by atoms with Gasteiger partial charge < -0.3 is 10.2 Å². The summed E-state index contributed by atoms with van der Waals surface area (Å²) in [5, 5.41) is 0. The lowest BCUT2D eigenvalue weighted by Gasteiger charge is -2.22. The molecule has 1 atom stereocenters. The van der Waals surface area contributed by atoms with E-state index in [1.807, 2.05) is 24.9 Å². The third-order valence-electron chi connectivity index (χ3n) is 4.52. The lowest BCUT2D eigenvalue weighted by atomic mass is 9.88. The molecule has 0 fully saturated rings. The van der Waals surface area contributed by atoms with Gasteiger partial charge in [0, 0.05) is 27.9 Å². The molecule has 4 heteroatoms. The molecule has 0 aliphatic rings. The van der Waals surface area contributed by atoms with Crippen molar-refractivity contribution in [3.63, 3.8) is 0 Å². The number of thioether (sulfide) groups is 1. The second kappa shape index (κ2) is 8.13. The number of furan rings is 1. The smallest absolute Gasteiger partial charge is 0.220 e. The van der Waals surface area contributed by atoms with E-state index >= 15 is 0 Å². The molecule has 0 radical (unpaired) electrons. The van der Waals surface area contributed by atoms with Crippen molar-refractivity contribution in [3.05, 3.63) is 53.5 Å². The average Bonchev–Trinajstić information content (AvgIpc) is 3.05. The molecule has 1 heterocycles. The molecule has 2 N–H and O–H groups in total. The first kappa shape index (κ1) is 19.6. The predicted molar refractivity (Wildman–Crippen MR) is 105 cm³/mol. The largest absolute Gasteiger partial charge is 0.469 e. The van der Waals surface area contributed by atoms with E-state index in [4.69, 9.17) is 10.2 Å². The van der Waals surface area contributed by atoms with Crippen molar-refractivity contribution in [1.29, 1.82) is 0 Å². The van der Waals surface area contributed by atoms with Crippen molar-refractivity contribution in [2.75, 3.05) is 5.75 Å². The second-order valence-electron chi connectivity index (χ2n) is 7.72. The van der Waals surface area contributed by atoms with Crippen molar-refractivity contribution >= 4 is 17.7 Å². The molecule has 1 aromatic carbocycles. The molecule has 1 unspecified atom stereocenters. The summed E-state index contributed by atoms with van der Waals surface area (Å²) in [6.45, 7) is 10.6. The zero-order chi connectivity index (χ0) is 18.6. The van der Waals surface area contributed by atoms with Gasteiger partial charge in [0.1, 0.15) is 5.76 Å². The van der Waals surface area contributed by atoms with E-state index in [1.165, 1.54) is 10.5 Å². The van der Waals surface area contributed by atoms with E-state index in [2.05, 4.69) is 58.0 Å². The Morgan fingerprint density at radius 1 is 1.20 bits per heavy atom. The molecule has 136 valence electrons. The highest BCUT2D eigenvalue weighted by molar-refractivity contribution is 7.99. The number of benzene rings is 1. The Morgan fingerprint density at radius 3 is 2.36 bits per heavy atom. The fourth-order valence-electron chi connectivity index (χ4n) is 2.53. The van der Waals surface area contributed by atoms with Crippen molar-refractivity contribution in [2.45, 2.75) is 57.3 Å². The molecule has 0 aliphatic heterocycles. The van der Waals surface area contributed by atoms with Crippen LogP contribution in [0.15, 0.2) is 45.9 Å². The van der Waals surface area contributed by atoms with Gasteiger partial charge in [0.05, 0.1) is 6.26 Å². The second-order valence-corrected chi connectivity index (χ2v) is 8.77. The third-order valence-corrected chi connectivity index (χ3v) is 5.99. The van der Waals surface area contributed by atoms with E-state index in [0.29, 0.717) is 12.3 Å². The van der Waals surface area contributed by atoms with E-state index in [-0.39, 0.29) is 17.2 Å². The van der Waals surface area contributed by atoms with Crippen molar-refractivity contribution in [2.24, 2.45) is 11.7 Å². The molecule has 1 amide bonds. The van der Waals surface area contributed by atoms with Gasteiger partial charge in [0.15, 0.2) is 0 Å². The maximum absolute atomic E-state index is 11.2. The Bertz CT molecular complexity index is 701. The number of primary amides is 1. The van der Waals surface area contributed by atoms with Crippen LogP contribution in [0.1, 0.15) is 57.4 Å². The Balaban J connectivity index is 1.96. The average molecular weight is 360 g/mol. The number of carbonyl (C=O) groups is 1. The number of amides is 1. The zero-order valence-corrected chi connectivity index (χ0v) is 16.7. The zero-order valence-electron chi connectivity index (χ0n) is 15.8. The molecule has 0 aliphatic carbocycles. The SMILES string of the molecule is CC(Cc1ccc(SCC(C)(C)c2coc(C(C)C)c2)cc1)C(N)=O. The summed E-state index contributed by atoms with van der Waals surface area (Å²) in [4.78, 5) is 12.4. The lowest BCUT2D eigenvalue weighted by Crippen LogP contribution is -2.22. The van der Waals surface area contributed by atoms with E-state index < -0.39 is 0 Å². The quantitative estimate of drug-likeness (QED) is 0.664. The van der Waals surface area contributed by atoms with Crippen LogP contribution in [0.5, 0.6) is 0 Å². The van der Waals surface area contributed by atoms with E-state index in [9.17, 15) is 4.79 Å². The Hall–Kier alpha value is -1.68. The summed E-state index contributed by atoms with van der Waals surface area (Å²) in [5.74, 6) is 2.05. The Kier molecular flexibility index (Phi) is 6.39. The topological polar surface area (TPSA) is 56.2 Å². The van der Waals surface area contributed by atoms with Gasteiger partial charge in [-0.3, -0.25) is 4.79 Å². The molecule has 0 saturated carbocycles. The van der Waals surface area contributed by atoms with Gasteiger partial charge in [-0.1, -0.05) is 46.8 Å². The standard InChI is InChI=1S/C21H29NO2S/c1-14(2)19-11-17(12-24-19)21(4,5)13-25-18-8-6-16(7-9-18)10-15(3)20(22)23/h6-9,11-12,14-15H,10,13H2,1-5H3,(H2,22,23). The fourth-order valence-corrected chi connectivity index (χ4v) is 3.56. The normalized spacial score (nSPS) is 13.2. The van der Waals surface area contributed by atoms with Crippen molar-refractivity contribution in [1.82, 2.24) is 0 Å². The molecule has 2 rings (SSSR count). The van der Waals surface area contributed by atoms with Gasteiger partial charge in [0.25, 0.3) is 0 Å². The summed E-state index contributed by atoms with van der Waals surface area (Å²) in [6, 6.07) is 10.6. The van der Waals surface area contributed by atoms with Crippen LogP contribution >= 0.6 is 11.8 Å². The summed E-state index contributed by atoms with van der Waals surface area (Å²) < 4.78 is 5.69. The van der Waals surface area contributed by atoms with Gasteiger partial charge in [0.2, 0.25) is 5.91 Å². The van der Waals surface area contributed by atoms with E-state index in [1.54, 1.807) is 0 Å². The van der Waals surface area contributed by atoms with E-state index in [0.717, 1.165) is 17.1 Å². The number of rotatable bonds is 8. The monoisotopic (exact) mass is 359 g/mol. The van der Waals surface area contributed by atoms with Crippen LogP contribution in [0.2, 0.25) is 0 Å². The Morgan fingerprint density at radius 2 is 1.84 bits per heavy atom. The summed E-state index contributed by atoms with van der Waals surface area (Å²) in [7, 11) is 0. The van der Waals surface area contributed by atoms with Crippen LogP contribution in [0.4, 0.5) is 0 Å². The van der Waals surface area contributed by atoms with Gasteiger partial charge in [-0.05, 0) is 35.7 Å². The maximum Gasteiger partial charge on any atom is 0.220 e. The van der Waals surface area contributed by atoms with Crippen LogP contribution in [-0.2, 0) is 16.6 Å². The highest BCUT2D eigenvalue weighted by Crippen LogP contribution is 2.33. The van der Waals surface area contributed by atoms with Crippen molar-refractivity contribution in [3.8, 4) is 0 Å². The fraction of sp³-hybridized carbons (Fsp3) is 0.476. The molecule has 0 saturated heterocycles. The van der Waals surface area contributed by atoms with Gasteiger partial charge in [-0.15, -0.1) is 11.8 Å². The minimum atomic E-state index is -0.249. The number of nitrogens with two attached hydrogens (primary N) is 1. The van der Waals surface area contributed by atoms with Crippen LogP contribution in [-0.4, -0.2) is 11.7 Å². The van der Waals surface area contributed by atoms with Gasteiger partial charge in [-0.2, -0.15) is 0 Å². The van der Waals surface area contributed by atoms with Crippen LogP contribution in [0.3, 0.4) is 0 Å². The first-order chi connectivity index (χ1) is 11.7. The number of carbonyl (C=O) groups excluding carboxylic acids is 1. The van der Waals surface area contributed by atoms with Crippen LogP contribution < -0.4 is 5.73 Å². The minimum absolute atomic E-state index is 0.0421. The summed E-state index contributed by atoms with van der Waals surface area (Å²) in [6.07, 6.45) is 2.59. The lowest BCUT2D eigenvalue weighted by molar-refractivity contribution is -0.121. The number of hydrogen-bond donors (Lipinski definition) is 1. The van der Waals surface area contributed by atoms with Gasteiger partial charge >= 0.3 is 0 Å². The predicted octanol–water partition coefficient (Wildman–Crippen LogP) is 5.14. The minimum Gasteiger partial charge on any atom is -0.469 e. The molecule has 0 bridgehead atoms. The molecule has 0 spiro atoms. The van der Waals surface area contributed by atoms with Crippen LogP contribution in [0, 0.1) is 5.92 Å². The molecular weight excluding hydrogens is 330 g/mol. The molecule has 25 heavy (non-hydrogen) atoms. The molecule has 3 nitrogen and oxygen atoms in total. The third kappa shape index (κ3) is 5.40. The Labute approximate surface area is 155 Å². The first-order valence-electron chi connectivity index (χ1n) is 8.79. The first-order valence-corrected chi connectivity index (χ1v) is 9.77.